The number of nitrogens with one attached hydrogen (secondary N) is 1. The molecule has 2 N–H and O–H groups in total. The predicted molar refractivity (Wildman–Crippen MR) is 81.7 cm³/mol. The molecule has 0 aliphatic carbocycles. The minimum atomic E-state index is -0.360. The maximum atomic E-state index is 13.6. The van der Waals surface area contributed by atoms with Crippen LogP contribution in [0.5, 0.6) is 0 Å². The third-order valence-corrected chi connectivity index (χ3v) is 4.61. The van der Waals surface area contributed by atoms with Gasteiger partial charge in [-0.2, -0.15) is 0 Å². The molecule has 0 saturated heterocycles. The minimum absolute atomic E-state index is 0.123. The summed E-state index contributed by atoms with van der Waals surface area (Å²) in [7, 11) is 0. The number of hydrogen-bond donors (Lipinski definition) is 2. The number of rotatable bonds is 4. The first kappa shape index (κ1) is 14.5. The molecule has 0 bridgehead atoms. The molecule has 2 aromatic rings. The Labute approximate surface area is 127 Å². The highest BCUT2D eigenvalue weighted by atomic mass is 79.9. The molecule has 0 heterocycles. The summed E-state index contributed by atoms with van der Waals surface area (Å²) in [5, 5.41) is 12.5. The van der Waals surface area contributed by atoms with Crippen molar-refractivity contribution in [1.29, 1.82) is 0 Å². The second kappa shape index (κ2) is 6.50. The molecule has 1 unspecified atom stereocenters. The molecule has 2 rings (SSSR count). The highest BCUT2D eigenvalue weighted by Gasteiger charge is 2.13. The van der Waals surface area contributed by atoms with Crippen molar-refractivity contribution in [3.05, 3.63) is 62.8 Å². The Morgan fingerprint density at radius 1 is 1.11 bits per heavy atom. The van der Waals surface area contributed by atoms with Crippen molar-refractivity contribution >= 4 is 37.5 Å². The van der Waals surface area contributed by atoms with E-state index < -0.39 is 0 Å². The summed E-state index contributed by atoms with van der Waals surface area (Å²) in [6, 6.07) is 11.7. The first-order valence-electron chi connectivity index (χ1n) is 5.68. The van der Waals surface area contributed by atoms with Gasteiger partial charge in [0.25, 0.3) is 0 Å². The van der Waals surface area contributed by atoms with E-state index in [0.29, 0.717) is 5.69 Å². The molecular formula is C14H12Br2FNO. The lowest BCUT2D eigenvalue weighted by Crippen LogP contribution is -2.15. The molecule has 0 radical (unpaired) electrons. The van der Waals surface area contributed by atoms with Gasteiger partial charge in [0.05, 0.1) is 18.3 Å². The molecule has 0 aromatic heterocycles. The van der Waals surface area contributed by atoms with Crippen LogP contribution in [0.2, 0.25) is 0 Å². The molecule has 0 spiro atoms. The summed E-state index contributed by atoms with van der Waals surface area (Å²) in [6.07, 6.45) is 0. The molecule has 0 aliphatic rings. The van der Waals surface area contributed by atoms with Crippen LogP contribution in [0.4, 0.5) is 10.1 Å². The number of benzene rings is 2. The van der Waals surface area contributed by atoms with Crippen molar-refractivity contribution in [1.82, 2.24) is 0 Å². The molecule has 0 saturated carbocycles. The highest BCUT2D eigenvalue weighted by Crippen LogP contribution is 2.28. The van der Waals surface area contributed by atoms with Crippen LogP contribution in [0, 0.1) is 5.82 Å². The van der Waals surface area contributed by atoms with E-state index in [1.54, 1.807) is 18.2 Å². The molecule has 2 aromatic carbocycles. The molecule has 0 amide bonds. The van der Waals surface area contributed by atoms with Crippen LogP contribution in [0.1, 0.15) is 11.6 Å². The fourth-order valence-electron chi connectivity index (χ4n) is 1.73. The zero-order valence-electron chi connectivity index (χ0n) is 9.91. The van der Waals surface area contributed by atoms with E-state index in [1.165, 1.54) is 6.07 Å². The van der Waals surface area contributed by atoms with Crippen LogP contribution >= 0.6 is 31.9 Å². The van der Waals surface area contributed by atoms with Crippen molar-refractivity contribution in [2.45, 2.75) is 6.04 Å². The van der Waals surface area contributed by atoms with Gasteiger partial charge in [0.2, 0.25) is 0 Å². The van der Waals surface area contributed by atoms with Gasteiger partial charge in [0.1, 0.15) is 5.82 Å². The van der Waals surface area contributed by atoms with E-state index in [1.807, 2.05) is 18.2 Å². The van der Waals surface area contributed by atoms with E-state index in [9.17, 15) is 9.50 Å². The van der Waals surface area contributed by atoms with Crippen molar-refractivity contribution in [3.63, 3.8) is 0 Å². The second-order valence-electron chi connectivity index (χ2n) is 4.03. The molecule has 0 fully saturated rings. The topological polar surface area (TPSA) is 32.3 Å². The second-order valence-corrected chi connectivity index (χ2v) is 5.74. The third kappa shape index (κ3) is 3.55. The van der Waals surface area contributed by atoms with Crippen LogP contribution < -0.4 is 5.32 Å². The zero-order chi connectivity index (χ0) is 13.8. The fourth-order valence-corrected chi connectivity index (χ4v) is 2.37. The monoisotopic (exact) mass is 387 g/mol. The van der Waals surface area contributed by atoms with Gasteiger partial charge < -0.3 is 10.4 Å². The summed E-state index contributed by atoms with van der Waals surface area (Å²) in [4.78, 5) is 0. The fraction of sp³-hybridized carbons (Fsp3) is 0.143. The SMILES string of the molecule is OCC(Nc1ccccc1F)c1ccc(Br)c(Br)c1. The Balaban J connectivity index is 2.25. The summed E-state index contributed by atoms with van der Waals surface area (Å²) in [5.41, 5.74) is 1.25. The standard InChI is InChI=1S/C14H12Br2FNO/c15-10-6-5-9(7-11(10)16)14(8-19)18-13-4-2-1-3-12(13)17/h1-7,14,18-19H,8H2. The van der Waals surface area contributed by atoms with Gasteiger partial charge in [-0.1, -0.05) is 18.2 Å². The quantitative estimate of drug-likeness (QED) is 0.808. The Bertz CT molecular complexity index is 577. The van der Waals surface area contributed by atoms with Crippen LogP contribution in [-0.4, -0.2) is 11.7 Å². The summed E-state index contributed by atoms with van der Waals surface area (Å²) in [6.45, 7) is -0.123. The molecule has 5 heteroatoms. The van der Waals surface area contributed by atoms with Crippen molar-refractivity contribution < 1.29 is 9.50 Å². The van der Waals surface area contributed by atoms with Crippen LogP contribution in [0.15, 0.2) is 51.4 Å². The van der Waals surface area contributed by atoms with Gasteiger partial charge in [-0.25, -0.2) is 4.39 Å². The number of hydrogen-bond acceptors (Lipinski definition) is 2. The van der Waals surface area contributed by atoms with Crippen molar-refractivity contribution in [2.75, 3.05) is 11.9 Å². The molecule has 100 valence electrons. The van der Waals surface area contributed by atoms with Crippen LogP contribution in [0.3, 0.4) is 0 Å². The number of para-hydroxylation sites is 1. The average Bonchev–Trinajstić information content (AvgIpc) is 2.41. The van der Waals surface area contributed by atoms with E-state index in [-0.39, 0.29) is 18.5 Å². The van der Waals surface area contributed by atoms with Crippen molar-refractivity contribution in [3.8, 4) is 0 Å². The molecule has 0 aliphatic heterocycles. The van der Waals surface area contributed by atoms with Crippen LogP contribution in [-0.2, 0) is 0 Å². The predicted octanol–water partition coefficient (Wildman–Crippen LogP) is 4.50. The first-order valence-corrected chi connectivity index (χ1v) is 7.27. The molecule has 19 heavy (non-hydrogen) atoms. The summed E-state index contributed by atoms with van der Waals surface area (Å²) >= 11 is 6.80. The first-order chi connectivity index (χ1) is 9.11. The number of aliphatic hydroxyl groups excluding tert-OH is 1. The van der Waals surface area contributed by atoms with E-state index in [4.69, 9.17) is 0 Å². The molecule has 2 nitrogen and oxygen atoms in total. The van der Waals surface area contributed by atoms with Gasteiger partial charge in [-0.05, 0) is 61.7 Å². The van der Waals surface area contributed by atoms with Gasteiger partial charge in [-0.15, -0.1) is 0 Å². The lowest BCUT2D eigenvalue weighted by atomic mass is 10.1. The van der Waals surface area contributed by atoms with E-state index in [2.05, 4.69) is 37.2 Å². The number of anilines is 1. The smallest absolute Gasteiger partial charge is 0.146 e. The Morgan fingerprint density at radius 2 is 1.84 bits per heavy atom. The third-order valence-electron chi connectivity index (χ3n) is 2.73. The average molecular weight is 389 g/mol. The lowest BCUT2D eigenvalue weighted by molar-refractivity contribution is 0.276. The van der Waals surface area contributed by atoms with E-state index >= 15 is 0 Å². The summed E-state index contributed by atoms with van der Waals surface area (Å²) < 4.78 is 15.4. The van der Waals surface area contributed by atoms with Crippen molar-refractivity contribution in [2.24, 2.45) is 0 Å². The van der Waals surface area contributed by atoms with Gasteiger partial charge in [0, 0.05) is 8.95 Å². The zero-order valence-corrected chi connectivity index (χ0v) is 13.1. The highest BCUT2D eigenvalue weighted by molar-refractivity contribution is 9.13. The van der Waals surface area contributed by atoms with Crippen LogP contribution in [0.25, 0.3) is 0 Å². The largest absolute Gasteiger partial charge is 0.394 e. The minimum Gasteiger partial charge on any atom is -0.394 e. The van der Waals surface area contributed by atoms with Gasteiger partial charge >= 0.3 is 0 Å². The number of aliphatic hydroxyl groups is 1. The maximum Gasteiger partial charge on any atom is 0.146 e. The maximum absolute atomic E-state index is 13.6. The van der Waals surface area contributed by atoms with Gasteiger partial charge in [-0.3, -0.25) is 0 Å². The Hall–Kier alpha value is -0.910. The normalized spacial score (nSPS) is 12.2. The Morgan fingerprint density at radius 3 is 2.47 bits per heavy atom. The Kier molecular flexibility index (Phi) is 4.96. The molecular weight excluding hydrogens is 377 g/mol. The molecule has 1 atom stereocenters. The van der Waals surface area contributed by atoms with E-state index in [0.717, 1.165) is 14.5 Å². The lowest BCUT2D eigenvalue weighted by Gasteiger charge is -2.19. The number of halogens is 3. The van der Waals surface area contributed by atoms with Gasteiger partial charge in [0.15, 0.2) is 0 Å². The summed E-state index contributed by atoms with van der Waals surface area (Å²) in [5.74, 6) is -0.336.